The molecule has 0 spiro atoms. The number of fused-ring (bicyclic) bond motifs is 1. The van der Waals surface area contributed by atoms with Crippen LogP contribution in [0, 0.1) is 0 Å². The van der Waals surface area contributed by atoms with Crippen LogP contribution < -0.4 is 15.1 Å². The topological polar surface area (TPSA) is 66.9 Å². The summed E-state index contributed by atoms with van der Waals surface area (Å²) in [6.45, 7) is 5.57. The third-order valence-corrected chi connectivity index (χ3v) is 4.28. The number of carbonyl (C=O) groups excluding carboxylic acids is 1. The number of hydrogen-bond acceptors (Lipinski definition) is 6. The number of aromatic nitrogens is 1. The molecule has 0 saturated carbocycles. The molecule has 1 unspecified atom stereocenters. The molecule has 2 aromatic rings. The summed E-state index contributed by atoms with van der Waals surface area (Å²) < 4.78 is 46.4. The number of ether oxygens (including phenoxy) is 2. The molecule has 0 radical (unpaired) electrons. The lowest BCUT2D eigenvalue weighted by Crippen LogP contribution is -2.40. The summed E-state index contributed by atoms with van der Waals surface area (Å²) >= 11 is 0. The monoisotopic (exact) mass is 424 g/mol. The number of rotatable bonds is 4. The molecule has 0 saturated heterocycles. The summed E-state index contributed by atoms with van der Waals surface area (Å²) in [5, 5.41) is 6.42. The number of nitrogens with zero attached hydrogens (tertiary/aromatic N) is 3. The molecule has 1 aliphatic heterocycles. The van der Waals surface area contributed by atoms with Gasteiger partial charge >= 0.3 is 12.5 Å². The fourth-order valence-electron chi connectivity index (χ4n) is 3.16. The normalized spacial score (nSPS) is 16.9. The van der Waals surface area contributed by atoms with E-state index in [1.807, 2.05) is 23.1 Å². The molecular weight excluding hydrogens is 401 g/mol. The minimum absolute atomic E-state index is 0.237. The van der Waals surface area contributed by atoms with Crippen molar-refractivity contribution in [3.63, 3.8) is 0 Å². The summed E-state index contributed by atoms with van der Waals surface area (Å²) in [6, 6.07) is 8.88. The van der Waals surface area contributed by atoms with Crippen molar-refractivity contribution >= 4 is 17.5 Å². The van der Waals surface area contributed by atoms with E-state index in [2.05, 4.69) is 15.0 Å². The van der Waals surface area contributed by atoms with E-state index >= 15 is 0 Å². The van der Waals surface area contributed by atoms with Gasteiger partial charge in [-0.3, -0.25) is 9.99 Å². The molecule has 0 aliphatic carbocycles. The van der Waals surface area contributed by atoms with Gasteiger partial charge in [-0.25, -0.2) is 9.80 Å². The number of hydrazine groups is 1. The third kappa shape index (κ3) is 5.12. The van der Waals surface area contributed by atoms with Gasteiger partial charge in [0.15, 0.2) is 0 Å². The highest BCUT2D eigenvalue weighted by Gasteiger charge is 2.37. The zero-order valence-electron chi connectivity index (χ0n) is 17.0. The second-order valence-electron chi connectivity index (χ2n) is 7.73. The summed E-state index contributed by atoms with van der Waals surface area (Å²) in [5.74, 6) is -0.303. The summed E-state index contributed by atoms with van der Waals surface area (Å²) in [6.07, 6.45) is -3.64. The summed E-state index contributed by atoms with van der Waals surface area (Å²) in [5.41, 5.74) is 1.50. The van der Waals surface area contributed by atoms with Crippen molar-refractivity contribution in [2.24, 2.45) is 0 Å². The van der Waals surface area contributed by atoms with Crippen LogP contribution in [0.25, 0.3) is 0 Å². The number of amides is 1. The highest BCUT2D eigenvalue weighted by Crippen LogP contribution is 2.42. The first-order valence-electron chi connectivity index (χ1n) is 9.25. The summed E-state index contributed by atoms with van der Waals surface area (Å²) in [4.78, 5) is 16.5. The maximum absolute atomic E-state index is 12.4. The Balaban J connectivity index is 1.79. The standard InChI is InChI=1S/C20H23F3N4O3/c1-19(2,3)30-18(28)25-12-16-17-15(6-5-11-24-17)27(26(16)4)13-7-9-14(10-8-13)29-20(21,22)23/h5-11,16H,12H2,1-4H3,(H,25,28). The first kappa shape index (κ1) is 21.7. The maximum atomic E-state index is 12.4. The number of carbonyl (C=O) groups is 1. The predicted molar refractivity (Wildman–Crippen MR) is 104 cm³/mol. The number of nitrogens with one attached hydrogen (secondary N) is 1. The molecule has 0 bridgehead atoms. The van der Waals surface area contributed by atoms with Crippen molar-refractivity contribution in [2.45, 2.75) is 38.8 Å². The van der Waals surface area contributed by atoms with E-state index < -0.39 is 18.1 Å². The molecule has 30 heavy (non-hydrogen) atoms. The van der Waals surface area contributed by atoms with Crippen molar-refractivity contribution in [3.05, 3.63) is 48.3 Å². The van der Waals surface area contributed by atoms with Gasteiger partial charge in [0.1, 0.15) is 11.4 Å². The van der Waals surface area contributed by atoms with Crippen LogP contribution in [0.4, 0.5) is 29.3 Å². The van der Waals surface area contributed by atoms with Gasteiger partial charge in [0, 0.05) is 19.8 Å². The van der Waals surface area contributed by atoms with Crippen LogP contribution >= 0.6 is 0 Å². The molecule has 1 aliphatic rings. The average molecular weight is 424 g/mol. The fourth-order valence-corrected chi connectivity index (χ4v) is 3.16. The van der Waals surface area contributed by atoms with Crippen LogP contribution in [0.1, 0.15) is 32.5 Å². The number of alkyl carbamates (subject to hydrolysis) is 1. The number of alkyl halides is 3. The van der Waals surface area contributed by atoms with Crippen LogP contribution in [0.2, 0.25) is 0 Å². The molecule has 0 fully saturated rings. The zero-order chi connectivity index (χ0) is 22.1. The Hall–Kier alpha value is -3.01. The van der Waals surface area contributed by atoms with Crippen molar-refractivity contribution in [2.75, 3.05) is 18.6 Å². The Kier molecular flexibility index (Phi) is 5.80. The number of benzene rings is 1. The Labute approximate surface area is 172 Å². The van der Waals surface area contributed by atoms with E-state index in [1.165, 1.54) is 24.3 Å². The lowest BCUT2D eigenvalue weighted by molar-refractivity contribution is -0.274. The molecule has 1 aromatic heterocycles. The van der Waals surface area contributed by atoms with Gasteiger partial charge in [-0.1, -0.05) is 0 Å². The van der Waals surface area contributed by atoms with Gasteiger partial charge < -0.3 is 14.8 Å². The summed E-state index contributed by atoms with van der Waals surface area (Å²) in [7, 11) is 1.81. The molecule has 7 nitrogen and oxygen atoms in total. The second kappa shape index (κ2) is 8.02. The zero-order valence-corrected chi connectivity index (χ0v) is 17.0. The molecule has 2 heterocycles. The van der Waals surface area contributed by atoms with E-state index in [-0.39, 0.29) is 18.3 Å². The second-order valence-corrected chi connectivity index (χ2v) is 7.73. The van der Waals surface area contributed by atoms with Crippen LogP contribution in [0.5, 0.6) is 5.75 Å². The smallest absolute Gasteiger partial charge is 0.444 e. The van der Waals surface area contributed by atoms with Crippen molar-refractivity contribution < 1.29 is 27.4 Å². The van der Waals surface area contributed by atoms with Gasteiger partial charge in [0.05, 0.1) is 23.1 Å². The van der Waals surface area contributed by atoms with Crippen LogP contribution in [0.3, 0.4) is 0 Å². The molecule has 10 heteroatoms. The minimum atomic E-state index is -4.75. The molecule has 1 amide bonds. The Bertz CT molecular complexity index is 897. The molecule has 1 atom stereocenters. The fraction of sp³-hybridized carbons (Fsp3) is 0.400. The van der Waals surface area contributed by atoms with E-state index in [0.29, 0.717) is 5.69 Å². The van der Waals surface area contributed by atoms with Gasteiger partial charge in [-0.05, 0) is 57.2 Å². The van der Waals surface area contributed by atoms with Crippen molar-refractivity contribution in [3.8, 4) is 5.75 Å². The van der Waals surface area contributed by atoms with Crippen molar-refractivity contribution in [1.82, 2.24) is 15.3 Å². The number of anilines is 2. The molecule has 3 rings (SSSR count). The lowest BCUT2D eigenvalue weighted by Gasteiger charge is -2.30. The molecular formula is C20H23F3N4O3. The first-order chi connectivity index (χ1) is 13.9. The largest absolute Gasteiger partial charge is 0.573 e. The number of likely N-dealkylation sites (N-methyl/N-ethyl adjacent to an activating group) is 1. The molecule has 1 N–H and O–H groups in total. The van der Waals surface area contributed by atoms with Crippen LogP contribution in [-0.4, -0.2) is 41.6 Å². The number of pyridine rings is 1. The molecule has 1 aromatic carbocycles. The SMILES string of the molecule is CN1C(CNC(=O)OC(C)(C)C)c2ncccc2N1c1ccc(OC(F)(F)F)cc1. The highest BCUT2D eigenvalue weighted by atomic mass is 19.4. The Morgan fingerprint density at radius 3 is 2.43 bits per heavy atom. The quantitative estimate of drug-likeness (QED) is 0.777. The number of halogens is 3. The lowest BCUT2D eigenvalue weighted by atomic mass is 10.2. The third-order valence-electron chi connectivity index (χ3n) is 4.28. The van der Waals surface area contributed by atoms with Gasteiger partial charge in [0.2, 0.25) is 0 Å². The van der Waals surface area contributed by atoms with Crippen LogP contribution in [-0.2, 0) is 4.74 Å². The van der Waals surface area contributed by atoms with E-state index in [0.717, 1.165) is 11.4 Å². The molecule has 162 valence electrons. The first-order valence-corrected chi connectivity index (χ1v) is 9.25. The van der Waals surface area contributed by atoms with Gasteiger partial charge in [0.25, 0.3) is 0 Å². The predicted octanol–water partition coefficient (Wildman–Crippen LogP) is 4.54. The van der Waals surface area contributed by atoms with Crippen LogP contribution in [0.15, 0.2) is 42.6 Å². The van der Waals surface area contributed by atoms with E-state index in [4.69, 9.17) is 4.74 Å². The maximum Gasteiger partial charge on any atom is 0.573 e. The van der Waals surface area contributed by atoms with Gasteiger partial charge in [-0.15, -0.1) is 13.2 Å². The highest BCUT2D eigenvalue weighted by molar-refractivity contribution is 5.70. The number of hydrogen-bond donors (Lipinski definition) is 1. The van der Waals surface area contributed by atoms with E-state index in [1.54, 1.807) is 33.0 Å². The van der Waals surface area contributed by atoms with E-state index in [9.17, 15) is 18.0 Å². The average Bonchev–Trinajstić information content (AvgIpc) is 2.89. The minimum Gasteiger partial charge on any atom is -0.444 e. The van der Waals surface area contributed by atoms with Gasteiger partial charge in [-0.2, -0.15) is 0 Å². The Morgan fingerprint density at radius 2 is 1.83 bits per heavy atom. The van der Waals surface area contributed by atoms with Crippen molar-refractivity contribution in [1.29, 1.82) is 0 Å². The Morgan fingerprint density at radius 1 is 1.17 bits per heavy atom.